The van der Waals surface area contributed by atoms with Crippen molar-refractivity contribution in [2.75, 3.05) is 13.7 Å². The molecular weight excluding hydrogens is 496 g/mol. The molecular formula is C31H32N2O6. The van der Waals surface area contributed by atoms with E-state index in [0.717, 1.165) is 12.0 Å². The lowest BCUT2D eigenvalue weighted by Gasteiger charge is -2.25. The highest BCUT2D eigenvalue weighted by Gasteiger charge is 2.46. The van der Waals surface area contributed by atoms with Crippen LogP contribution in [0.1, 0.15) is 71.8 Å². The van der Waals surface area contributed by atoms with E-state index in [2.05, 4.69) is 4.98 Å². The van der Waals surface area contributed by atoms with Crippen LogP contribution in [-0.4, -0.2) is 46.4 Å². The number of carbonyl (C=O) groups is 3. The van der Waals surface area contributed by atoms with Crippen LogP contribution >= 0.6 is 0 Å². The SMILES string of the molecule is CCCOC(=O)c1ccc(CN2C(=O)C(=O)/C(=C(\O)c3ccc(OC)c(C(C)C)c3)C2c2cccnc2)cc1. The molecule has 0 spiro atoms. The number of carbonyl (C=O) groups excluding carboxylic acids is 3. The quantitative estimate of drug-likeness (QED) is 0.171. The first kappa shape index (κ1) is 27.6. The molecule has 0 radical (unpaired) electrons. The molecule has 8 heteroatoms. The summed E-state index contributed by atoms with van der Waals surface area (Å²) in [6.45, 7) is 6.35. The molecule has 39 heavy (non-hydrogen) atoms. The van der Waals surface area contributed by atoms with E-state index >= 15 is 0 Å². The van der Waals surface area contributed by atoms with Gasteiger partial charge in [-0.1, -0.05) is 39.0 Å². The zero-order chi connectivity index (χ0) is 28.1. The van der Waals surface area contributed by atoms with Crippen molar-refractivity contribution < 1.29 is 29.0 Å². The summed E-state index contributed by atoms with van der Waals surface area (Å²) in [6, 6.07) is 14.5. The molecule has 8 nitrogen and oxygen atoms in total. The number of Topliss-reactive ketones (excluding diaryl/α,β-unsaturated/α-hetero) is 1. The summed E-state index contributed by atoms with van der Waals surface area (Å²) in [6.07, 6.45) is 3.91. The van der Waals surface area contributed by atoms with Crippen LogP contribution in [0.5, 0.6) is 5.75 Å². The summed E-state index contributed by atoms with van der Waals surface area (Å²) >= 11 is 0. The Morgan fingerprint density at radius 3 is 2.41 bits per heavy atom. The van der Waals surface area contributed by atoms with Gasteiger partial charge >= 0.3 is 5.97 Å². The van der Waals surface area contributed by atoms with Crippen LogP contribution < -0.4 is 4.74 Å². The maximum Gasteiger partial charge on any atom is 0.338 e. The van der Waals surface area contributed by atoms with E-state index in [1.54, 1.807) is 74.1 Å². The average molecular weight is 529 g/mol. The number of rotatable bonds is 9. The number of pyridine rings is 1. The van der Waals surface area contributed by atoms with Crippen molar-refractivity contribution >= 4 is 23.4 Å². The largest absolute Gasteiger partial charge is 0.507 e. The van der Waals surface area contributed by atoms with E-state index in [0.29, 0.717) is 34.6 Å². The van der Waals surface area contributed by atoms with Crippen LogP contribution in [0, 0.1) is 0 Å². The number of ether oxygens (including phenoxy) is 2. The van der Waals surface area contributed by atoms with E-state index in [-0.39, 0.29) is 23.8 Å². The number of benzene rings is 2. The van der Waals surface area contributed by atoms with Gasteiger partial charge in [-0.15, -0.1) is 0 Å². The third kappa shape index (κ3) is 5.70. The van der Waals surface area contributed by atoms with Gasteiger partial charge in [-0.2, -0.15) is 0 Å². The van der Waals surface area contributed by atoms with E-state index in [1.807, 2.05) is 20.8 Å². The standard InChI is InChI=1S/C31H32N2O6/c1-5-15-39-31(37)21-10-8-20(9-11-21)18-33-27(23-7-6-14-32-17-23)26(29(35)30(33)36)28(34)22-12-13-25(38-4)24(16-22)19(2)3/h6-14,16-17,19,27,34H,5,15,18H2,1-4H3/b28-26-. The first-order valence-corrected chi connectivity index (χ1v) is 12.9. The summed E-state index contributed by atoms with van der Waals surface area (Å²) < 4.78 is 10.6. The van der Waals surface area contributed by atoms with Crippen LogP contribution in [0.4, 0.5) is 0 Å². The summed E-state index contributed by atoms with van der Waals surface area (Å²) in [5.41, 5.74) is 2.98. The minimum atomic E-state index is -0.850. The molecule has 1 N–H and O–H groups in total. The molecule has 1 aromatic heterocycles. The minimum absolute atomic E-state index is 0.00682. The molecule has 3 aromatic rings. The Morgan fingerprint density at radius 2 is 1.79 bits per heavy atom. The number of aliphatic hydroxyl groups is 1. The molecule has 0 aliphatic carbocycles. The Bertz CT molecular complexity index is 1400. The second-order valence-corrected chi connectivity index (χ2v) is 9.66. The van der Waals surface area contributed by atoms with Crippen molar-refractivity contribution in [1.29, 1.82) is 0 Å². The highest BCUT2D eigenvalue weighted by molar-refractivity contribution is 6.46. The molecule has 0 saturated carbocycles. The third-order valence-corrected chi connectivity index (χ3v) is 6.65. The molecule has 1 saturated heterocycles. The molecule has 1 amide bonds. The lowest BCUT2D eigenvalue weighted by molar-refractivity contribution is -0.140. The van der Waals surface area contributed by atoms with Crippen LogP contribution in [0.25, 0.3) is 5.76 Å². The molecule has 1 fully saturated rings. The summed E-state index contributed by atoms with van der Waals surface area (Å²) in [5.74, 6) is -1.40. The van der Waals surface area contributed by atoms with Crippen molar-refractivity contribution in [2.24, 2.45) is 0 Å². The number of aliphatic hydroxyl groups excluding tert-OH is 1. The van der Waals surface area contributed by atoms with Gasteiger partial charge in [-0.25, -0.2) is 4.79 Å². The van der Waals surface area contributed by atoms with E-state index in [4.69, 9.17) is 9.47 Å². The maximum absolute atomic E-state index is 13.4. The van der Waals surface area contributed by atoms with Crippen LogP contribution in [-0.2, 0) is 20.9 Å². The molecule has 2 aromatic carbocycles. The van der Waals surface area contributed by atoms with Gasteiger partial charge in [0.1, 0.15) is 11.5 Å². The predicted octanol–water partition coefficient (Wildman–Crippen LogP) is 5.40. The lowest BCUT2D eigenvalue weighted by atomic mass is 9.93. The topological polar surface area (TPSA) is 106 Å². The lowest BCUT2D eigenvalue weighted by Crippen LogP contribution is -2.29. The number of hydrogen-bond acceptors (Lipinski definition) is 7. The third-order valence-electron chi connectivity index (χ3n) is 6.65. The number of esters is 1. The van der Waals surface area contributed by atoms with Gasteiger partial charge in [0.05, 0.1) is 30.9 Å². The Morgan fingerprint density at radius 1 is 1.08 bits per heavy atom. The zero-order valence-electron chi connectivity index (χ0n) is 22.5. The van der Waals surface area contributed by atoms with Gasteiger partial charge in [-0.05, 0) is 65.4 Å². The van der Waals surface area contributed by atoms with Crippen molar-refractivity contribution in [2.45, 2.75) is 45.7 Å². The van der Waals surface area contributed by atoms with Gasteiger partial charge in [0.2, 0.25) is 0 Å². The highest BCUT2D eigenvalue weighted by atomic mass is 16.5. The van der Waals surface area contributed by atoms with E-state index < -0.39 is 23.7 Å². The Balaban J connectivity index is 1.74. The fraction of sp³-hybridized carbons (Fsp3) is 0.290. The predicted molar refractivity (Wildman–Crippen MR) is 146 cm³/mol. The molecule has 4 rings (SSSR count). The van der Waals surface area contributed by atoms with Gasteiger partial charge in [0.15, 0.2) is 0 Å². The van der Waals surface area contributed by atoms with Gasteiger partial charge in [0, 0.05) is 24.5 Å². The normalized spacial score (nSPS) is 16.5. The molecule has 1 aliphatic heterocycles. The first-order valence-electron chi connectivity index (χ1n) is 12.9. The van der Waals surface area contributed by atoms with Crippen LogP contribution in [0.2, 0.25) is 0 Å². The number of nitrogens with zero attached hydrogens (tertiary/aromatic N) is 2. The van der Waals surface area contributed by atoms with E-state index in [9.17, 15) is 19.5 Å². The number of amides is 1. The number of likely N-dealkylation sites (tertiary alicyclic amines) is 1. The highest BCUT2D eigenvalue weighted by Crippen LogP contribution is 2.41. The molecule has 202 valence electrons. The molecule has 2 heterocycles. The maximum atomic E-state index is 13.4. The smallest absolute Gasteiger partial charge is 0.338 e. The van der Waals surface area contributed by atoms with Crippen molar-refractivity contribution in [1.82, 2.24) is 9.88 Å². The minimum Gasteiger partial charge on any atom is -0.507 e. The van der Waals surface area contributed by atoms with Crippen molar-refractivity contribution in [3.8, 4) is 5.75 Å². The number of methoxy groups -OCH3 is 1. The van der Waals surface area contributed by atoms with Crippen LogP contribution in [0.3, 0.4) is 0 Å². The number of aromatic nitrogens is 1. The second-order valence-electron chi connectivity index (χ2n) is 9.66. The summed E-state index contributed by atoms with van der Waals surface area (Å²) in [4.78, 5) is 44.5. The summed E-state index contributed by atoms with van der Waals surface area (Å²) in [7, 11) is 1.58. The molecule has 1 aliphatic rings. The van der Waals surface area contributed by atoms with Crippen molar-refractivity contribution in [3.05, 3.63) is 100 Å². The average Bonchev–Trinajstić information content (AvgIpc) is 3.20. The van der Waals surface area contributed by atoms with E-state index in [1.165, 1.54) is 4.90 Å². The fourth-order valence-corrected chi connectivity index (χ4v) is 4.64. The summed E-state index contributed by atoms with van der Waals surface area (Å²) in [5, 5.41) is 11.4. The Kier molecular flexibility index (Phi) is 8.44. The van der Waals surface area contributed by atoms with Crippen LogP contribution in [0.15, 0.2) is 72.6 Å². The van der Waals surface area contributed by atoms with Gasteiger partial charge in [0.25, 0.3) is 11.7 Å². The zero-order valence-corrected chi connectivity index (χ0v) is 22.5. The molecule has 1 unspecified atom stereocenters. The fourth-order valence-electron chi connectivity index (χ4n) is 4.64. The Labute approximate surface area is 227 Å². The monoisotopic (exact) mass is 528 g/mol. The van der Waals surface area contributed by atoms with Crippen molar-refractivity contribution in [3.63, 3.8) is 0 Å². The molecule has 1 atom stereocenters. The van der Waals surface area contributed by atoms with Gasteiger partial charge in [-0.3, -0.25) is 14.6 Å². The Hall–Kier alpha value is -4.46. The first-order chi connectivity index (χ1) is 18.8. The number of ketones is 1. The second kappa shape index (κ2) is 11.9. The number of hydrogen-bond donors (Lipinski definition) is 1. The molecule has 0 bridgehead atoms. The van der Waals surface area contributed by atoms with Gasteiger partial charge < -0.3 is 19.5 Å².